The van der Waals surface area contributed by atoms with Crippen molar-refractivity contribution in [1.29, 1.82) is 0 Å². The number of hydrogen-bond donors (Lipinski definition) is 2. The van der Waals surface area contributed by atoms with Gasteiger partial charge in [0, 0.05) is 25.2 Å². The van der Waals surface area contributed by atoms with Crippen molar-refractivity contribution in [3.05, 3.63) is 35.4 Å². The number of benzene rings is 1. The molecule has 4 amide bonds. The number of piperidine rings is 1. The summed E-state index contributed by atoms with van der Waals surface area (Å²) in [4.78, 5) is 39.4. The van der Waals surface area contributed by atoms with E-state index < -0.39 is 0 Å². The Morgan fingerprint density at radius 3 is 2.56 bits per heavy atom. The highest BCUT2D eigenvalue weighted by Gasteiger charge is 2.38. The maximum absolute atomic E-state index is 12.9. The summed E-state index contributed by atoms with van der Waals surface area (Å²) in [5, 5.41) is 5.95. The normalized spacial score (nSPS) is 21.3. The largest absolute Gasteiger partial charge is 0.339 e. The van der Waals surface area contributed by atoms with Crippen LogP contribution in [0.3, 0.4) is 0 Å². The number of hydrogen-bond acceptors (Lipinski definition) is 4. The van der Waals surface area contributed by atoms with Crippen LogP contribution < -0.4 is 10.6 Å². The summed E-state index contributed by atoms with van der Waals surface area (Å²) in [5.74, 6) is -0.205. The van der Waals surface area contributed by atoms with Gasteiger partial charge in [-0.2, -0.15) is 0 Å². The Balaban J connectivity index is 0.00000210. The number of nitrogens with one attached hydrogen (secondary N) is 2. The number of amides is 4. The molecule has 0 aliphatic carbocycles. The molecule has 3 saturated heterocycles. The zero-order valence-electron chi connectivity index (χ0n) is 15.2. The second-order valence-electron chi connectivity index (χ2n) is 7.56. The SMILES string of the molecule is Cl.O=C(c1cccc(CN2C(=O)CNC2=O)c1)N1CCC2(CCNC2)CC1. The predicted octanol–water partition coefficient (Wildman–Crippen LogP) is 1.38. The fraction of sp³-hybridized carbons (Fsp3) is 0.526. The van der Waals surface area contributed by atoms with Gasteiger partial charge in [0.25, 0.3) is 5.91 Å². The van der Waals surface area contributed by atoms with Gasteiger partial charge in [-0.3, -0.25) is 14.5 Å². The van der Waals surface area contributed by atoms with Crippen LogP contribution in [0.15, 0.2) is 24.3 Å². The molecule has 3 aliphatic rings. The lowest BCUT2D eigenvalue weighted by Crippen LogP contribution is -2.44. The van der Waals surface area contributed by atoms with E-state index >= 15 is 0 Å². The van der Waals surface area contributed by atoms with Gasteiger partial charge >= 0.3 is 6.03 Å². The van der Waals surface area contributed by atoms with Crippen LogP contribution in [0.2, 0.25) is 0 Å². The van der Waals surface area contributed by atoms with Gasteiger partial charge in [0.15, 0.2) is 0 Å². The van der Waals surface area contributed by atoms with Crippen molar-refractivity contribution in [2.75, 3.05) is 32.7 Å². The molecule has 1 spiro atoms. The first-order valence-corrected chi connectivity index (χ1v) is 9.24. The molecule has 4 rings (SSSR count). The van der Waals surface area contributed by atoms with Gasteiger partial charge in [0.1, 0.15) is 0 Å². The van der Waals surface area contributed by atoms with Crippen LogP contribution in [0.25, 0.3) is 0 Å². The Bertz CT molecular complexity index is 722. The van der Waals surface area contributed by atoms with E-state index in [1.807, 2.05) is 17.0 Å². The van der Waals surface area contributed by atoms with Crippen molar-refractivity contribution in [1.82, 2.24) is 20.4 Å². The van der Waals surface area contributed by atoms with Crippen LogP contribution in [0.5, 0.6) is 0 Å². The van der Waals surface area contributed by atoms with E-state index in [2.05, 4.69) is 10.6 Å². The third-order valence-corrected chi connectivity index (χ3v) is 5.90. The van der Waals surface area contributed by atoms with Gasteiger partial charge in [0.05, 0.1) is 13.1 Å². The summed E-state index contributed by atoms with van der Waals surface area (Å²) in [6, 6.07) is 6.87. The Morgan fingerprint density at radius 2 is 1.93 bits per heavy atom. The van der Waals surface area contributed by atoms with Crippen molar-refractivity contribution in [3.8, 4) is 0 Å². The van der Waals surface area contributed by atoms with Crippen molar-refractivity contribution in [3.63, 3.8) is 0 Å². The molecule has 2 N–H and O–H groups in total. The van der Waals surface area contributed by atoms with Crippen LogP contribution >= 0.6 is 12.4 Å². The number of halogens is 1. The summed E-state index contributed by atoms with van der Waals surface area (Å²) in [6.07, 6.45) is 3.30. The number of carbonyl (C=O) groups excluding carboxylic acids is 3. The molecule has 0 atom stereocenters. The molecular formula is C19H25ClN4O3. The molecule has 0 unspecified atom stereocenters. The molecular weight excluding hydrogens is 368 g/mol. The minimum Gasteiger partial charge on any atom is -0.339 e. The van der Waals surface area contributed by atoms with Crippen LogP contribution in [-0.4, -0.2) is 60.4 Å². The molecule has 0 aromatic heterocycles. The topological polar surface area (TPSA) is 81.8 Å². The summed E-state index contributed by atoms with van der Waals surface area (Å²) in [5.41, 5.74) is 1.78. The summed E-state index contributed by atoms with van der Waals surface area (Å²) >= 11 is 0. The smallest absolute Gasteiger partial charge is 0.324 e. The number of urea groups is 1. The first kappa shape index (κ1) is 19.6. The Morgan fingerprint density at radius 1 is 1.15 bits per heavy atom. The molecule has 7 nitrogen and oxygen atoms in total. The number of likely N-dealkylation sites (tertiary alicyclic amines) is 1. The summed E-state index contributed by atoms with van der Waals surface area (Å²) < 4.78 is 0. The Labute approximate surface area is 164 Å². The molecule has 0 radical (unpaired) electrons. The maximum Gasteiger partial charge on any atom is 0.324 e. The third-order valence-electron chi connectivity index (χ3n) is 5.90. The molecule has 3 heterocycles. The van der Waals surface area contributed by atoms with Gasteiger partial charge in [-0.05, 0) is 48.9 Å². The number of nitrogens with zero attached hydrogens (tertiary/aromatic N) is 2. The first-order valence-electron chi connectivity index (χ1n) is 9.24. The highest BCUT2D eigenvalue weighted by Crippen LogP contribution is 2.37. The monoisotopic (exact) mass is 392 g/mol. The molecule has 146 valence electrons. The van der Waals surface area contributed by atoms with Gasteiger partial charge in [-0.15, -0.1) is 12.4 Å². The minimum absolute atomic E-state index is 0. The molecule has 1 aromatic rings. The lowest BCUT2D eigenvalue weighted by atomic mass is 9.78. The second kappa shape index (κ2) is 7.86. The van der Waals surface area contributed by atoms with E-state index in [9.17, 15) is 14.4 Å². The fourth-order valence-electron chi connectivity index (χ4n) is 4.19. The van der Waals surface area contributed by atoms with E-state index in [0.29, 0.717) is 11.0 Å². The lowest BCUT2D eigenvalue weighted by Gasteiger charge is -2.39. The van der Waals surface area contributed by atoms with Crippen LogP contribution in [-0.2, 0) is 11.3 Å². The van der Waals surface area contributed by atoms with Gasteiger partial charge in [-0.25, -0.2) is 4.79 Å². The molecule has 3 fully saturated rings. The van der Waals surface area contributed by atoms with Gasteiger partial charge in [0.2, 0.25) is 5.91 Å². The summed E-state index contributed by atoms with van der Waals surface area (Å²) in [7, 11) is 0. The van der Waals surface area contributed by atoms with Crippen LogP contribution in [0.1, 0.15) is 35.2 Å². The predicted molar refractivity (Wildman–Crippen MR) is 103 cm³/mol. The Hall–Kier alpha value is -2.12. The van der Waals surface area contributed by atoms with Crippen molar-refractivity contribution in [2.24, 2.45) is 5.41 Å². The van der Waals surface area contributed by atoms with Gasteiger partial charge < -0.3 is 15.5 Å². The van der Waals surface area contributed by atoms with Crippen LogP contribution in [0.4, 0.5) is 4.79 Å². The van der Waals surface area contributed by atoms with E-state index in [4.69, 9.17) is 0 Å². The van der Waals surface area contributed by atoms with E-state index in [-0.39, 0.29) is 43.3 Å². The number of rotatable bonds is 3. The fourth-order valence-corrected chi connectivity index (χ4v) is 4.19. The zero-order chi connectivity index (χ0) is 18.1. The first-order chi connectivity index (χ1) is 12.6. The van der Waals surface area contributed by atoms with E-state index in [0.717, 1.165) is 44.6 Å². The minimum atomic E-state index is -0.377. The van der Waals surface area contributed by atoms with Crippen molar-refractivity contribution < 1.29 is 14.4 Å². The highest BCUT2D eigenvalue weighted by atomic mass is 35.5. The average Bonchev–Trinajstić information content (AvgIpc) is 3.24. The van der Waals surface area contributed by atoms with E-state index in [1.165, 1.54) is 11.3 Å². The van der Waals surface area contributed by atoms with Gasteiger partial charge in [-0.1, -0.05) is 12.1 Å². The van der Waals surface area contributed by atoms with Crippen molar-refractivity contribution >= 4 is 30.3 Å². The third kappa shape index (κ3) is 3.94. The molecule has 0 saturated carbocycles. The molecule has 0 bridgehead atoms. The average molecular weight is 393 g/mol. The lowest BCUT2D eigenvalue weighted by molar-refractivity contribution is -0.125. The Kier molecular flexibility index (Phi) is 5.72. The molecule has 1 aromatic carbocycles. The quantitative estimate of drug-likeness (QED) is 0.761. The van der Waals surface area contributed by atoms with Crippen molar-refractivity contribution in [2.45, 2.75) is 25.8 Å². The summed E-state index contributed by atoms with van der Waals surface area (Å²) in [6.45, 7) is 3.97. The van der Waals surface area contributed by atoms with Crippen LogP contribution in [0, 0.1) is 5.41 Å². The number of carbonyl (C=O) groups is 3. The second-order valence-corrected chi connectivity index (χ2v) is 7.56. The van der Waals surface area contributed by atoms with E-state index in [1.54, 1.807) is 12.1 Å². The zero-order valence-corrected chi connectivity index (χ0v) is 16.0. The highest BCUT2D eigenvalue weighted by molar-refractivity contribution is 6.02. The standard InChI is InChI=1S/C19H24N4O3.ClH/c24-16-11-21-18(26)23(16)12-14-2-1-3-15(10-14)17(25)22-8-5-19(6-9-22)4-7-20-13-19;/h1-3,10,20H,4-9,11-13H2,(H,21,26);1H. The molecule has 27 heavy (non-hydrogen) atoms. The number of imide groups is 1. The molecule has 3 aliphatic heterocycles. The molecule has 8 heteroatoms. The maximum atomic E-state index is 12.9.